The van der Waals surface area contributed by atoms with Crippen LogP contribution in [0.4, 0.5) is 0 Å². The van der Waals surface area contributed by atoms with Crippen molar-refractivity contribution in [2.45, 2.75) is 46.6 Å². The number of aromatic nitrogens is 2. The molecule has 0 spiro atoms. The summed E-state index contributed by atoms with van der Waals surface area (Å²) in [5, 5.41) is 5.06. The van der Waals surface area contributed by atoms with Crippen molar-refractivity contribution in [1.82, 2.24) is 9.66 Å². The number of esters is 1. The number of carbonyl (C=O) groups is 1. The Morgan fingerprint density at radius 2 is 1.83 bits per heavy atom. The predicted molar refractivity (Wildman–Crippen MR) is 167 cm³/mol. The summed E-state index contributed by atoms with van der Waals surface area (Å²) in [6, 6.07) is 14.6. The van der Waals surface area contributed by atoms with Gasteiger partial charge in [-0.1, -0.05) is 41.9 Å². The highest BCUT2D eigenvalue weighted by Crippen LogP contribution is 2.36. The predicted octanol–water partition coefficient (Wildman–Crippen LogP) is 6.49. The first-order valence-corrected chi connectivity index (χ1v) is 14.3. The van der Waals surface area contributed by atoms with Gasteiger partial charge in [0.1, 0.15) is 5.75 Å². The normalized spacial score (nSPS) is 12.1. The van der Waals surface area contributed by atoms with Crippen LogP contribution >= 0.6 is 15.9 Å². The molecule has 0 N–H and O–H groups in total. The fourth-order valence-electron chi connectivity index (χ4n) is 4.55. The van der Waals surface area contributed by atoms with E-state index in [0.29, 0.717) is 39.1 Å². The molecule has 1 aromatic heterocycles. The zero-order chi connectivity index (χ0) is 30.6. The molecular formula is C32H34BrN3O6. The van der Waals surface area contributed by atoms with Gasteiger partial charge >= 0.3 is 5.97 Å². The zero-order valence-corrected chi connectivity index (χ0v) is 26.3. The molecule has 0 aliphatic carbocycles. The fourth-order valence-corrected chi connectivity index (χ4v) is 5.00. The smallest absolute Gasteiger partial charge is 0.346 e. The van der Waals surface area contributed by atoms with Crippen LogP contribution in [-0.4, -0.2) is 48.8 Å². The average molecular weight is 637 g/mol. The highest BCUT2D eigenvalue weighted by atomic mass is 79.9. The Labute approximate surface area is 253 Å². The lowest BCUT2D eigenvalue weighted by molar-refractivity contribution is -0.147. The number of fused-ring (bicyclic) bond motifs is 1. The zero-order valence-electron chi connectivity index (χ0n) is 24.7. The van der Waals surface area contributed by atoms with Crippen LogP contribution < -0.4 is 19.8 Å². The first-order chi connectivity index (χ1) is 20.1. The molecule has 9 nitrogen and oxygen atoms in total. The van der Waals surface area contributed by atoms with Crippen LogP contribution in [-0.2, 0) is 9.53 Å². The van der Waals surface area contributed by atoms with E-state index in [9.17, 15) is 9.59 Å². The Morgan fingerprint density at radius 1 is 1.10 bits per heavy atom. The van der Waals surface area contributed by atoms with Crippen molar-refractivity contribution in [3.63, 3.8) is 0 Å². The number of benzene rings is 3. The van der Waals surface area contributed by atoms with Crippen molar-refractivity contribution in [3.8, 4) is 28.6 Å². The molecule has 0 bridgehead atoms. The van der Waals surface area contributed by atoms with Gasteiger partial charge in [-0.05, 0) is 74.2 Å². The Balaban J connectivity index is 1.96. The number of nitrogens with zero attached hydrogens (tertiary/aromatic N) is 3. The summed E-state index contributed by atoms with van der Waals surface area (Å²) in [4.78, 5) is 30.9. The van der Waals surface area contributed by atoms with Crippen molar-refractivity contribution in [2.75, 3.05) is 20.8 Å². The summed E-state index contributed by atoms with van der Waals surface area (Å²) < 4.78 is 24.2. The van der Waals surface area contributed by atoms with Gasteiger partial charge in [0.05, 0.1) is 37.9 Å². The minimum absolute atomic E-state index is 0.167. The number of para-hydroxylation sites is 1. The second-order valence-electron chi connectivity index (χ2n) is 9.92. The maximum atomic E-state index is 13.9. The van der Waals surface area contributed by atoms with Gasteiger partial charge in [-0.3, -0.25) is 4.79 Å². The van der Waals surface area contributed by atoms with Gasteiger partial charge in [0.15, 0.2) is 23.4 Å². The lowest BCUT2D eigenvalue weighted by Crippen LogP contribution is -2.25. The van der Waals surface area contributed by atoms with E-state index in [1.807, 2.05) is 32.0 Å². The molecule has 0 fully saturated rings. The molecular weight excluding hydrogens is 602 g/mol. The molecule has 42 heavy (non-hydrogen) atoms. The van der Waals surface area contributed by atoms with E-state index in [-0.39, 0.29) is 17.2 Å². The third kappa shape index (κ3) is 6.33. The highest BCUT2D eigenvalue weighted by molar-refractivity contribution is 9.10. The fraction of sp³-hybridized carbons (Fsp3) is 0.312. The van der Waals surface area contributed by atoms with E-state index in [1.165, 1.54) is 25.1 Å². The molecule has 0 unspecified atom stereocenters. The summed E-state index contributed by atoms with van der Waals surface area (Å²) in [6.07, 6.45) is 0.570. The quantitative estimate of drug-likeness (QED) is 0.145. The van der Waals surface area contributed by atoms with Gasteiger partial charge < -0.3 is 18.9 Å². The summed E-state index contributed by atoms with van der Waals surface area (Å²) in [5.74, 6) is 1.44. The molecule has 1 heterocycles. The Kier molecular flexibility index (Phi) is 9.67. The van der Waals surface area contributed by atoms with Crippen LogP contribution in [0.15, 0.2) is 62.9 Å². The second kappa shape index (κ2) is 13.2. The van der Waals surface area contributed by atoms with E-state index in [1.54, 1.807) is 37.3 Å². The number of aryl methyl sites for hydroxylation is 1. The van der Waals surface area contributed by atoms with Crippen molar-refractivity contribution in [2.24, 2.45) is 5.10 Å². The van der Waals surface area contributed by atoms with Crippen molar-refractivity contribution < 1.29 is 23.7 Å². The lowest BCUT2D eigenvalue weighted by atomic mass is 9.96. The maximum Gasteiger partial charge on any atom is 0.346 e. The SMILES string of the molecule is CCOc1cc(C)c(-c2nc3ccccc3c(=O)n2N=Cc2cc(Br)cc(OC)c2O[C@H](C)C(=O)OC)cc1C(C)C. The number of halogens is 1. The second-order valence-corrected chi connectivity index (χ2v) is 10.8. The highest BCUT2D eigenvalue weighted by Gasteiger charge is 2.22. The van der Waals surface area contributed by atoms with E-state index in [2.05, 4.69) is 34.9 Å². The van der Waals surface area contributed by atoms with Crippen LogP contribution in [0.2, 0.25) is 0 Å². The molecule has 10 heteroatoms. The summed E-state index contributed by atoms with van der Waals surface area (Å²) in [6.45, 7) is 10.2. The van der Waals surface area contributed by atoms with Gasteiger partial charge in [0, 0.05) is 15.6 Å². The van der Waals surface area contributed by atoms with Crippen LogP contribution in [0.3, 0.4) is 0 Å². The molecule has 4 aromatic rings. The minimum atomic E-state index is -0.918. The molecule has 4 rings (SSSR count). The first kappa shape index (κ1) is 30.8. The van der Waals surface area contributed by atoms with Crippen molar-refractivity contribution >= 4 is 39.0 Å². The van der Waals surface area contributed by atoms with E-state index < -0.39 is 12.1 Å². The number of carbonyl (C=O) groups excluding carboxylic acids is 1. The summed E-state index contributed by atoms with van der Waals surface area (Å²) >= 11 is 3.49. The molecule has 0 saturated carbocycles. The third-order valence-corrected chi connectivity index (χ3v) is 7.14. The number of hydrogen-bond donors (Lipinski definition) is 0. The van der Waals surface area contributed by atoms with E-state index in [0.717, 1.165) is 22.4 Å². The molecule has 0 aliphatic rings. The van der Waals surface area contributed by atoms with E-state index >= 15 is 0 Å². The molecule has 3 aromatic carbocycles. The molecule has 0 aliphatic heterocycles. The molecule has 1 atom stereocenters. The summed E-state index contributed by atoms with van der Waals surface area (Å²) in [5.41, 5.74) is 3.33. The van der Waals surface area contributed by atoms with Crippen molar-refractivity contribution in [3.05, 3.63) is 80.0 Å². The number of hydrogen-bond acceptors (Lipinski definition) is 8. The Morgan fingerprint density at radius 3 is 2.50 bits per heavy atom. The lowest BCUT2D eigenvalue weighted by Gasteiger charge is -2.19. The topological polar surface area (TPSA) is 101 Å². The van der Waals surface area contributed by atoms with Crippen LogP contribution in [0.25, 0.3) is 22.3 Å². The van der Waals surface area contributed by atoms with Gasteiger partial charge in [0.25, 0.3) is 5.56 Å². The van der Waals surface area contributed by atoms with Gasteiger partial charge in [-0.15, -0.1) is 0 Å². The number of methoxy groups -OCH3 is 2. The Hall–Kier alpha value is -4.18. The van der Waals surface area contributed by atoms with Crippen LogP contribution in [0, 0.1) is 6.92 Å². The molecule has 0 amide bonds. The minimum Gasteiger partial charge on any atom is -0.494 e. The Bertz CT molecular complexity index is 1710. The van der Waals surface area contributed by atoms with Gasteiger partial charge in [-0.2, -0.15) is 9.78 Å². The number of ether oxygens (including phenoxy) is 4. The summed E-state index contributed by atoms with van der Waals surface area (Å²) in [7, 11) is 2.78. The monoisotopic (exact) mass is 635 g/mol. The van der Waals surface area contributed by atoms with E-state index in [4.69, 9.17) is 23.9 Å². The third-order valence-electron chi connectivity index (χ3n) is 6.68. The first-order valence-electron chi connectivity index (χ1n) is 13.5. The van der Waals surface area contributed by atoms with Crippen molar-refractivity contribution in [1.29, 1.82) is 0 Å². The average Bonchev–Trinajstić information content (AvgIpc) is 2.97. The largest absolute Gasteiger partial charge is 0.494 e. The maximum absolute atomic E-state index is 13.9. The molecule has 0 saturated heterocycles. The van der Waals surface area contributed by atoms with Crippen LogP contribution in [0.1, 0.15) is 50.3 Å². The molecule has 220 valence electrons. The van der Waals surface area contributed by atoms with Gasteiger partial charge in [0.2, 0.25) is 0 Å². The number of rotatable bonds is 10. The van der Waals surface area contributed by atoms with Gasteiger partial charge in [-0.25, -0.2) is 9.78 Å². The molecule has 0 radical (unpaired) electrons. The standard InChI is InChI=1S/C32H34BrN3O6/c1-8-41-27-13-19(4)25(16-24(27)18(2)3)30-35-26-12-10-9-11-23(26)31(37)36(30)34-17-21-14-22(33)15-28(39-6)29(21)42-20(5)32(38)40-7/h9-18,20H,8H2,1-7H3/t20-/m1/s1. The van der Waals surface area contributed by atoms with Crippen LogP contribution in [0.5, 0.6) is 17.2 Å².